The summed E-state index contributed by atoms with van der Waals surface area (Å²) in [6.07, 6.45) is 3.59. The predicted molar refractivity (Wildman–Crippen MR) is 104 cm³/mol. The summed E-state index contributed by atoms with van der Waals surface area (Å²) in [5.74, 6) is 0.452. The SMILES string of the molecule is O=C(c1ccc(-n2cccn2)cc1)N1C[C@@H]2CNC[C@@H]2[C@H]1c1cccc(F)c1. The van der Waals surface area contributed by atoms with Crippen LogP contribution in [0.3, 0.4) is 0 Å². The lowest BCUT2D eigenvalue weighted by Crippen LogP contribution is -2.34. The summed E-state index contributed by atoms with van der Waals surface area (Å²) in [6, 6.07) is 15.9. The Balaban J connectivity index is 1.45. The lowest BCUT2D eigenvalue weighted by Gasteiger charge is -2.28. The van der Waals surface area contributed by atoms with Crippen molar-refractivity contribution < 1.29 is 9.18 Å². The van der Waals surface area contributed by atoms with Gasteiger partial charge in [0, 0.05) is 43.5 Å². The summed E-state index contributed by atoms with van der Waals surface area (Å²) < 4.78 is 15.6. The zero-order valence-electron chi connectivity index (χ0n) is 15.3. The molecule has 2 aliphatic rings. The highest BCUT2D eigenvalue weighted by molar-refractivity contribution is 5.95. The molecule has 6 heteroatoms. The van der Waals surface area contributed by atoms with Crippen LogP contribution in [0.2, 0.25) is 0 Å². The lowest BCUT2D eigenvalue weighted by molar-refractivity contribution is 0.0714. The van der Waals surface area contributed by atoms with Gasteiger partial charge in [0.2, 0.25) is 0 Å². The van der Waals surface area contributed by atoms with Crippen molar-refractivity contribution in [2.24, 2.45) is 11.8 Å². The van der Waals surface area contributed by atoms with Gasteiger partial charge in [-0.1, -0.05) is 12.1 Å². The zero-order valence-corrected chi connectivity index (χ0v) is 15.3. The Bertz CT molecular complexity index is 986. The van der Waals surface area contributed by atoms with Crippen LogP contribution in [0.1, 0.15) is 22.0 Å². The number of aromatic nitrogens is 2. The number of carbonyl (C=O) groups excluding carboxylic acids is 1. The second-order valence-electron chi connectivity index (χ2n) is 7.54. The van der Waals surface area contributed by atoms with Crippen LogP contribution in [0.15, 0.2) is 67.0 Å². The van der Waals surface area contributed by atoms with Crippen LogP contribution in [-0.4, -0.2) is 40.2 Å². The minimum Gasteiger partial charge on any atom is -0.331 e. The fourth-order valence-corrected chi connectivity index (χ4v) is 4.59. The topological polar surface area (TPSA) is 50.2 Å². The molecule has 1 N–H and O–H groups in total. The maximum atomic E-state index is 13.9. The van der Waals surface area contributed by atoms with E-state index < -0.39 is 0 Å². The number of hydrogen-bond acceptors (Lipinski definition) is 3. The lowest BCUT2D eigenvalue weighted by atomic mass is 9.89. The molecule has 1 amide bonds. The van der Waals surface area contributed by atoms with Crippen LogP contribution in [0.4, 0.5) is 4.39 Å². The van der Waals surface area contributed by atoms with Crippen molar-refractivity contribution >= 4 is 5.91 Å². The molecule has 3 atom stereocenters. The molecule has 2 fully saturated rings. The highest BCUT2D eigenvalue weighted by atomic mass is 19.1. The first-order valence-electron chi connectivity index (χ1n) is 9.58. The monoisotopic (exact) mass is 376 g/mol. The summed E-state index contributed by atoms with van der Waals surface area (Å²) in [6.45, 7) is 2.45. The van der Waals surface area contributed by atoms with Gasteiger partial charge in [0.15, 0.2) is 0 Å². The molecule has 0 aliphatic carbocycles. The van der Waals surface area contributed by atoms with Gasteiger partial charge in [0.1, 0.15) is 5.82 Å². The maximum absolute atomic E-state index is 13.9. The van der Waals surface area contributed by atoms with E-state index in [1.165, 1.54) is 6.07 Å². The van der Waals surface area contributed by atoms with Gasteiger partial charge in [0.25, 0.3) is 5.91 Å². The van der Waals surface area contributed by atoms with Gasteiger partial charge in [-0.05, 0) is 53.9 Å². The fourth-order valence-electron chi connectivity index (χ4n) is 4.59. The normalized spacial score (nSPS) is 23.8. The van der Waals surface area contributed by atoms with Crippen LogP contribution in [0.25, 0.3) is 5.69 Å². The minimum atomic E-state index is -0.261. The third-order valence-corrected chi connectivity index (χ3v) is 5.90. The van der Waals surface area contributed by atoms with Crippen LogP contribution in [-0.2, 0) is 0 Å². The van der Waals surface area contributed by atoms with Gasteiger partial charge >= 0.3 is 0 Å². The number of halogens is 1. The molecule has 1 aromatic heterocycles. The molecular weight excluding hydrogens is 355 g/mol. The van der Waals surface area contributed by atoms with Crippen molar-refractivity contribution in [3.8, 4) is 5.69 Å². The standard InChI is InChI=1S/C22H21FN4O/c23-18-4-1-3-16(11-18)21-20-13-24-12-17(20)14-26(21)22(28)15-5-7-19(8-6-15)27-10-2-9-25-27/h1-11,17,20-21,24H,12-14H2/t17-,20-,21+/m0/s1. The van der Waals surface area contributed by atoms with Crippen molar-refractivity contribution in [1.29, 1.82) is 0 Å². The van der Waals surface area contributed by atoms with Crippen LogP contribution in [0.5, 0.6) is 0 Å². The number of rotatable bonds is 3. The molecule has 3 heterocycles. The molecule has 0 spiro atoms. The molecule has 2 aliphatic heterocycles. The van der Waals surface area contributed by atoms with E-state index in [-0.39, 0.29) is 17.8 Å². The number of benzene rings is 2. The Kier molecular flexibility index (Phi) is 4.20. The third kappa shape index (κ3) is 2.90. The van der Waals surface area contributed by atoms with E-state index in [9.17, 15) is 9.18 Å². The van der Waals surface area contributed by atoms with E-state index in [0.29, 0.717) is 23.9 Å². The summed E-state index contributed by atoms with van der Waals surface area (Å²) in [5.41, 5.74) is 2.42. The molecule has 0 unspecified atom stereocenters. The fraction of sp³-hybridized carbons (Fsp3) is 0.273. The first-order chi connectivity index (χ1) is 13.7. The Morgan fingerprint density at radius 3 is 2.71 bits per heavy atom. The number of amides is 1. The van der Waals surface area contributed by atoms with Crippen LogP contribution in [0, 0.1) is 17.7 Å². The van der Waals surface area contributed by atoms with E-state index in [4.69, 9.17) is 0 Å². The summed E-state index contributed by atoms with van der Waals surface area (Å²) in [7, 11) is 0. The highest BCUT2D eigenvalue weighted by Crippen LogP contribution is 2.43. The van der Waals surface area contributed by atoms with Crippen molar-refractivity contribution in [2.75, 3.05) is 19.6 Å². The van der Waals surface area contributed by atoms with Gasteiger partial charge in [-0.15, -0.1) is 0 Å². The minimum absolute atomic E-state index is 0.00400. The molecule has 3 aromatic rings. The quantitative estimate of drug-likeness (QED) is 0.764. The molecule has 0 radical (unpaired) electrons. The number of carbonyl (C=O) groups is 1. The number of nitrogens with zero attached hydrogens (tertiary/aromatic N) is 3. The van der Waals surface area contributed by atoms with E-state index in [2.05, 4.69) is 10.4 Å². The molecule has 2 aromatic carbocycles. The molecule has 0 saturated carbocycles. The van der Waals surface area contributed by atoms with Gasteiger partial charge in [-0.2, -0.15) is 5.10 Å². The Morgan fingerprint density at radius 1 is 1.11 bits per heavy atom. The van der Waals surface area contributed by atoms with Crippen LogP contribution < -0.4 is 5.32 Å². The smallest absolute Gasteiger partial charge is 0.254 e. The molecule has 0 bridgehead atoms. The molecule has 28 heavy (non-hydrogen) atoms. The summed E-state index contributed by atoms with van der Waals surface area (Å²) in [4.78, 5) is 15.3. The molecule has 2 saturated heterocycles. The molecular formula is C22H21FN4O. The molecule has 5 rings (SSSR count). The van der Waals surface area contributed by atoms with Gasteiger partial charge < -0.3 is 10.2 Å². The number of nitrogens with one attached hydrogen (secondary N) is 1. The first kappa shape index (κ1) is 17.1. The zero-order chi connectivity index (χ0) is 19.1. The van der Waals surface area contributed by atoms with Gasteiger partial charge in [-0.25, -0.2) is 9.07 Å². The summed E-state index contributed by atoms with van der Waals surface area (Å²) in [5, 5.41) is 7.64. The molecule has 5 nitrogen and oxygen atoms in total. The van der Waals surface area contributed by atoms with E-state index in [1.807, 2.05) is 47.5 Å². The van der Waals surface area contributed by atoms with E-state index in [0.717, 1.165) is 24.3 Å². The Labute approximate surface area is 162 Å². The van der Waals surface area contributed by atoms with Crippen molar-refractivity contribution in [2.45, 2.75) is 6.04 Å². The van der Waals surface area contributed by atoms with Crippen LogP contribution >= 0.6 is 0 Å². The predicted octanol–water partition coefficient (Wildman–Crippen LogP) is 3.04. The van der Waals surface area contributed by atoms with E-state index >= 15 is 0 Å². The maximum Gasteiger partial charge on any atom is 0.254 e. The highest BCUT2D eigenvalue weighted by Gasteiger charge is 2.46. The Hall–Kier alpha value is -2.99. The average molecular weight is 376 g/mol. The van der Waals surface area contributed by atoms with E-state index in [1.54, 1.807) is 23.0 Å². The first-order valence-corrected chi connectivity index (χ1v) is 9.58. The summed E-state index contributed by atoms with van der Waals surface area (Å²) >= 11 is 0. The second kappa shape index (κ2) is 6.87. The van der Waals surface area contributed by atoms with Crippen molar-refractivity contribution in [3.05, 3.63) is 83.9 Å². The number of fused-ring (bicyclic) bond motifs is 1. The van der Waals surface area contributed by atoms with Crippen molar-refractivity contribution in [3.63, 3.8) is 0 Å². The largest absolute Gasteiger partial charge is 0.331 e. The van der Waals surface area contributed by atoms with Gasteiger partial charge in [0.05, 0.1) is 11.7 Å². The number of likely N-dealkylation sites (tertiary alicyclic amines) is 1. The Morgan fingerprint density at radius 2 is 1.96 bits per heavy atom. The average Bonchev–Trinajstić information content (AvgIpc) is 3.44. The van der Waals surface area contributed by atoms with Crippen molar-refractivity contribution in [1.82, 2.24) is 20.0 Å². The molecule has 142 valence electrons. The van der Waals surface area contributed by atoms with Gasteiger partial charge in [-0.3, -0.25) is 4.79 Å². The number of hydrogen-bond donors (Lipinski definition) is 1. The second-order valence-corrected chi connectivity index (χ2v) is 7.54. The third-order valence-electron chi connectivity index (χ3n) is 5.90.